The van der Waals surface area contributed by atoms with Crippen LogP contribution in [0, 0.1) is 0 Å². The molecule has 0 radical (unpaired) electrons. The SMILES string of the molecule is CC1(C)CN(C(=O)N(CC(=O)O)C2CC2)CC(CO)O1. The van der Waals surface area contributed by atoms with E-state index in [1.165, 1.54) is 4.90 Å². The Kier molecular flexibility index (Phi) is 4.19. The molecule has 20 heavy (non-hydrogen) atoms. The van der Waals surface area contributed by atoms with Gasteiger partial charge in [0.05, 0.1) is 31.4 Å². The first-order valence-electron chi connectivity index (χ1n) is 6.88. The van der Waals surface area contributed by atoms with Crippen LogP contribution in [0.5, 0.6) is 0 Å². The number of aliphatic hydroxyl groups excluding tert-OH is 1. The van der Waals surface area contributed by atoms with Crippen LogP contribution in [0.4, 0.5) is 4.79 Å². The van der Waals surface area contributed by atoms with Crippen LogP contribution in [0.25, 0.3) is 0 Å². The van der Waals surface area contributed by atoms with Gasteiger partial charge in [-0.1, -0.05) is 0 Å². The summed E-state index contributed by atoms with van der Waals surface area (Å²) < 4.78 is 5.66. The third kappa shape index (κ3) is 3.61. The summed E-state index contributed by atoms with van der Waals surface area (Å²) in [6.45, 7) is 3.97. The number of aliphatic carboxylic acids is 1. The van der Waals surface area contributed by atoms with Crippen molar-refractivity contribution in [1.29, 1.82) is 0 Å². The van der Waals surface area contributed by atoms with Crippen LogP contribution in [-0.4, -0.2) is 76.0 Å². The van der Waals surface area contributed by atoms with E-state index in [1.54, 1.807) is 4.90 Å². The van der Waals surface area contributed by atoms with E-state index in [0.717, 1.165) is 12.8 Å². The van der Waals surface area contributed by atoms with Crippen molar-refractivity contribution in [3.05, 3.63) is 0 Å². The molecular weight excluding hydrogens is 264 g/mol. The highest BCUT2D eigenvalue weighted by molar-refractivity contribution is 5.81. The Hall–Kier alpha value is -1.34. The zero-order valence-electron chi connectivity index (χ0n) is 11.9. The Labute approximate surface area is 118 Å². The molecule has 7 nitrogen and oxygen atoms in total. The predicted octanol–water partition coefficient (Wildman–Crippen LogP) is 0.127. The second-order valence-electron chi connectivity index (χ2n) is 6.10. The summed E-state index contributed by atoms with van der Waals surface area (Å²) in [4.78, 5) is 26.4. The third-order valence-electron chi connectivity index (χ3n) is 3.49. The summed E-state index contributed by atoms with van der Waals surface area (Å²) in [5, 5.41) is 18.2. The maximum absolute atomic E-state index is 12.5. The van der Waals surface area contributed by atoms with Crippen molar-refractivity contribution < 1.29 is 24.5 Å². The number of amides is 2. The van der Waals surface area contributed by atoms with Crippen molar-refractivity contribution >= 4 is 12.0 Å². The lowest BCUT2D eigenvalue weighted by Crippen LogP contribution is -2.59. The largest absolute Gasteiger partial charge is 0.480 e. The molecule has 2 fully saturated rings. The zero-order valence-corrected chi connectivity index (χ0v) is 11.9. The van der Waals surface area contributed by atoms with Gasteiger partial charge in [0.2, 0.25) is 0 Å². The van der Waals surface area contributed by atoms with Crippen LogP contribution >= 0.6 is 0 Å². The Bertz CT molecular complexity index is 394. The summed E-state index contributed by atoms with van der Waals surface area (Å²) in [5.74, 6) is -1.00. The first kappa shape index (κ1) is 15.1. The minimum Gasteiger partial charge on any atom is -0.480 e. The molecule has 0 aromatic carbocycles. The second kappa shape index (κ2) is 5.57. The fraction of sp³-hybridized carbons (Fsp3) is 0.846. The van der Waals surface area contributed by atoms with Gasteiger partial charge in [0.1, 0.15) is 6.54 Å². The van der Waals surface area contributed by atoms with E-state index in [2.05, 4.69) is 0 Å². The Balaban J connectivity index is 2.07. The highest BCUT2D eigenvalue weighted by Gasteiger charge is 2.41. The lowest BCUT2D eigenvalue weighted by atomic mass is 10.1. The number of hydrogen-bond donors (Lipinski definition) is 2. The molecule has 1 unspecified atom stereocenters. The number of ether oxygens (including phenoxy) is 1. The maximum Gasteiger partial charge on any atom is 0.323 e. The van der Waals surface area contributed by atoms with Crippen LogP contribution < -0.4 is 0 Å². The Morgan fingerprint density at radius 3 is 2.55 bits per heavy atom. The third-order valence-corrected chi connectivity index (χ3v) is 3.49. The number of morpholine rings is 1. The summed E-state index contributed by atoms with van der Waals surface area (Å²) in [5.41, 5.74) is -0.542. The molecule has 1 aliphatic carbocycles. The first-order valence-corrected chi connectivity index (χ1v) is 6.88. The number of carboxylic acid groups (broad SMARTS) is 1. The molecule has 0 aromatic heterocycles. The number of nitrogens with zero attached hydrogens (tertiary/aromatic N) is 2. The smallest absolute Gasteiger partial charge is 0.323 e. The lowest BCUT2D eigenvalue weighted by Gasteiger charge is -2.43. The molecule has 0 bridgehead atoms. The van der Waals surface area contributed by atoms with Gasteiger partial charge in [-0.05, 0) is 26.7 Å². The van der Waals surface area contributed by atoms with E-state index in [9.17, 15) is 14.7 Å². The number of carbonyl (C=O) groups is 2. The van der Waals surface area contributed by atoms with Gasteiger partial charge in [-0.3, -0.25) is 4.79 Å². The van der Waals surface area contributed by atoms with Gasteiger partial charge in [-0.15, -0.1) is 0 Å². The van der Waals surface area contributed by atoms with E-state index in [-0.39, 0.29) is 25.2 Å². The van der Waals surface area contributed by atoms with Crippen molar-refractivity contribution in [1.82, 2.24) is 9.80 Å². The highest BCUT2D eigenvalue weighted by Crippen LogP contribution is 2.29. The van der Waals surface area contributed by atoms with Crippen molar-refractivity contribution in [2.45, 2.75) is 44.4 Å². The van der Waals surface area contributed by atoms with Gasteiger partial charge in [-0.25, -0.2) is 4.79 Å². The Morgan fingerprint density at radius 2 is 2.05 bits per heavy atom. The van der Waals surface area contributed by atoms with Crippen LogP contribution in [0.1, 0.15) is 26.7 Å². The fourth-order valence-corrected chi connectivity index (χ4v) is 2.60. The lowest BCUT2D eigenvalue weighted by molar-refractivity contribution is -0.143. The highest BCUT2D eigenvalue weighted by atomic mass is 16.5. The average molecular weight is 286 g/mol. The molecule has 2 aliphatic rings. The summed E-state index contributed by atoms with van der Waals surface area (Å²) in [7, 11) is 0. The summed E-state index contributed by atoms with van der Waals surface area (Å²) >= 11 is 0. The molecule has 1 saturated heterocycles. The molecule has 1 aliphatic heterocycles. The molecule has 0 spiro atoms. The van der Waals surface area contributed by atoms with Crippen molar-refractivity contribution in [3.8, 4) is 0 Å². The van der Waals surface area contributed by atoms with Gasteiger partial charge in [0.15, 0.2) is 0 Å². The van der Waals surface area contributed by atoms with E-state index < -0.39 is 17.7 Å². The zero-order chi connectivity index (χ0) is 14.9. The van der Waals surface area contributed by atoms with Gasteiger partial charge in [-0.2, -0.15) is 0 Å². The standard InChI is InChI=1S/C13H22N2O5/c1-13(2)8-14(5-10(7-16)20-13)12(19)15(6-11(17)18)9-3-4-9/h9-10,16H,3-8H2,1-2H3,(H,17,18). The molecule has 114 valence electrons. The van der Waals surface area contributed by atoms with Crippen LogP contribution in [0.3, 0.4) is 0 Å². The second-order valence-corrected chi connectivity index (χ2v) is 6.10. The molecule has 7 heteroatoms. The Morgan fingerprint density at radius 1 is 1.40 bits per heavy atom. The van der Waals surface area contributed by atoms with Crippen molar-refractivity contribution in [2.24, 2.45) is 0 Å². The minimum atomic E-state index is -1.00. The number of aliphatic hydroxyl groups is 1. The van der Waals surface area contributed by atoms with Gasteiger partial charge in [0, 0.05) is 6.04 Å². The van der Waals surface area contributed by atoms with E-state index >= 15 is 0 Å². The van der Waals surface area contributed by atoms with Crippen LogP contribution in [0.2, 0.25) is 0 Å². The van der Waals surface area contributed by atoms with E-state index in [4.69, 9.17) is 9.84 Å². The van der Waals surface area contributed by atoms with Crippen LogP contribution in [0.15, 0.2) is 0 Å². The molecule has 1 atom stereocenters. The van der Waals surface area contributed by atoms with Crippen LogP contribution in [-0.2, 0) is 9.53 Å². The van der Waals surface area contributed by atoms with Crippen molar-refractivity contribution in [3.63, 3.8) is 0 Å². The maximum atomic E-state index is 12.5. The molecule has 0 aromatic rings. The number of carbonyl (C=O) groups excluding carboxylic acids is 1. The normalized spacial score (nSPS) is 25.4. The van der Waals surface area contributed by atoms with Gasteiger partial charge >= 0.3 is 12.0 Å². The van der Waals surface area contributed by atoms with Gasteiger partial charge in [0.25, 0.3) is 0 Å². The number of urea groups is 1. The summed E-state index contributed by atoms with van der Waals surface area (Å²) in [6, 6.07) is -0.234. The number of rotatable bonds is 4. The monoisotopic (exact) mass is 286 g/mol. The minimum absolute atomic E-state index is 0.0390. The predicted molar refractivity (Wildman–Crippen MR) is 70.4 cm³/mol. The molecule has 1 heterocycles. The van der Waals surface area contributed by atoms with E-state index in [0.29, 0.717) is 13.1 Å². The number of hydrogen-bond acceptors (Lipinski definition) is 4. The summed E-state index contributed by atoms with van der Waals surface area (Å²) in [6.07, 6.45) is 1.29. The van der Waals surface area contributed by atoms with Crippen molar-refractivity contribution in [2.75, 3.05) is 26.2 Å². The molecular formula is C13H22N2O5. The van der Waals surface area contributed by atoms with E-state index in [1.807, 2.05) is 13.8 Å². The molecule has 1 saturated carbocycles. The quantitative estimate of drug-likeness (QED) is 0.766. The number of carboxylic acids is 1. The molecule has 2 rings (SSSR count). The topological polar surface area (TPSA) is 90.3 Å². The fourth-order valence-electron chi connectivity index (χ4n) is 2.60. The molecule has 2 N–H and O–H groups in total. The first-order chi connectivity index (χ1) is 9.32. The molecule has 2 amide bonds. The van der Waals surface area contributed by atoms with Gasteiger partial charge < -0.3 is 24.7 Å². The average Bonchev–Trinajstić information content (AvgIpc) is 3.17.